The number of para-hydroxylation sites is 1. The number of nitrogens with one attached hydrogen (secondary N) is 2. The van der Waals surface area contributed by atoms with Gasteiger partial charge in [-0.2, -0.15) is 0 Å². The third-order valence-corrected chi connectivity index (χ3v) is 5.44. The van der Waals surface area contributed by atoms with Crippen molar-refractivity contribution in [2.45, 2.75) is 18.7 Å². The van der Waals surface area contributed by atoms with Crippen molar-refractivity contribution in [3.8, 4) is 0 Å². The van der Waals surface area contributed by atoms with Crippen LogP contribution in [0.25, 0.3) is 0 Å². The predicted molar refractivity (Wildman–Crippen MR) is 108 cm³/mol. The van der Waals surface area contributed by atoms with Crippen LogP contribution in [0.5, 0.6) is 0 Å². The van der Waals surface area contributed by atoms with Crippen molar-refractivity contribution >= 4 is 27.3 Å². The van der Waals surface area contributed by atoms with Gasteiger partial charge >= 0.3 is 0 Å². The molecule has 2 N–H and O–H groups in total. The lowest BCUT2D eigenvalue weighted by Crippen LogP contribution is -2.16. The highest BCUT2D eigenvalue weighted by Crippen LogP contribution is 2.22. The van der Waals surface area contributed by atoms with Crippen LogP contribution in [0.1, 0.15) is 21.5 Å². The molecule has 0 fully saturated rings. The van der Waals surface area contributed by atoms with Gasteiger partial charge in [0.05, 0.1) is 10.6 Å². The summed E-state index contributed by atoms with van der Waals surface area (Å²) >= 11 is 0. The molecule has 0 heterocycles. The zero-order chi connectivity index (χ0) is 19.4. The van der Waals surface area contributed by atoms with Crippen molar-refractivity contribution in [2.75, 3.05) is 10.0 Å². The van der Waals surface area contributed by atoms with E-state index in [1.54, 1.807) is 30.3 Å². The van der Waals surface area contributed by atoms with E-state index in [0.717, 1.165) is 11.1 Å². The number of hydrogen-bond donors (Lipinski definition) is 2. The molecule has 0 spiro atoms. The molecule has 3 rings (SSSR count). The molecule has 3 aromatic carbocycles. The highest BCUT2D eigenvalue weighted by molar-refractivity contribution is 7.92. The zero-order valence-corrected chi connectivity index (χ0v) is 15.9. The van der Waals surface area contributed by atoms with Gasteiger partial charge in [-0.3, -0.25) is 9.52 Å². The molecular formula is C21H20N2O3S. The number of aryl methyl sites for hydroxylation is 2. The Morgan fingerprint density at radius 3 is 2.33 bits per heavy atom. The molecule has 0 aliphatic carbocycles. The molecule has 0 aromatic heterocycles. The fraction of sp³-hybridized carbons (Fsp3) is 0.0952. The average Bonchev–Trinajstić information content (AvgIpc) is 2.65. The summed E-state index contributed by atoms with van der Waals surface area (Å²) in [5, 5.41) is 2.75. The van der Waals surface area contributed by atoms with Crippen molar-refractivity contribution in [1.82, 2.24) is 0 Å². The minimum Gasteiger partial charge on any atom is -0.322 e. The number of amides is 1. The van der Waals surface area contributed by atoms with E-state index in [1.807, 2.05) is 44.2 Å². The average molecular weight is 380 g/mol. The maximum absolute atomic E-state index is 12.8. The highest BCUT2D eigenvalue weighted by atomic mass is 32.2. The first-order chi connectivity index (χ1) is 12.8. The van der Waals surface area contributed by atoms with Gasteiger partial charge in [0.1, 0.15) is 0 Å². The molecule has 6 heteroatoms. The van der Waals surface area contributed by atoms with E-state index in [-0.39, 0.29) is 16.4 Å². The molecule has 5 nitrogen and oxygen atoms in total. The van der Waals surface area contributed by atoms with E-state index < -0.39 is 10.0 Å². The third kappa shape index (κ3) is 4.54. The Labute approximate surface area is 159 Å². The van der Waals surface area contributed by atoms with E-state index >= 15 is 0 Å². The second-order valence-corrected chi connectivity index (χ2v) is 7.95. The van der Waals surface area contributed by atoms with E-state index in [0.29, 0.717) is 11.4 Å². The SMILES string of the molecule is Cc1ccc(C)c(NS(=O)(=O)c2cccc(C(=O)Nc3ccccc3)c2)c1. The summed E-state index contributed by atoms with van der Waals surface area (Å²) in [7, 11) is -3.81. The molecule has 0 aliphatic heterocycles. The Hall–Kier alpha value is -3.12. The van der Waals surface area contributed by atoms with E-state index in [2.05, 4.69) is 10.0 Å². The van der Waals surface area contributed by atoms with Gasteiger partial charge in [-0.05, 0) is 61.4 Å². The fourth-order valence-corrected chi connectivity index (χ4v) is 3.75. The summed E-state index contributed by atoms with van der Waals surface area (Å²) in [6, 6.07) is 20.5. The Morgan fingerprint density at radius 1 is 0.852 bits per heavy atom. The summed E-state index contributed by atoms with van der Waals surface area (Å²) in [5.74, 6) is -0.370. The van der Waals surface area contributed by atoms with E-state index in [9.17, 15) is 13.2 Å². The van der Waals surface area contributed by atoms with Crippen molar-refractivity contribution in [1.29, 1.82) is 0 Å². The first-order valence-electron chi connectivity index (χ1n) is 8.42. The van der Waals surface area contributed by atoms with Gasteiger partial charge in [0, 0.05) is 11.3 Å². The summed E-state index contributed by atoms with van der Waals surface area (Å²) in [5.41, 5.74) is 3.21. The molecule has 0 saturated carbocycles. The second-order valence-electron chi connectivity index (χ2n) is 6.27. The minimum atomic E-state index is -3.81. The molecule has 27 heavy (non-hydrogen) atoms. The number of rotatable bonds is 5. The zero-order valence-electron chi connectivity index (χ0n) is 15.1. The number of carbonyl (C=O) groups excluding carboxylic acids is 1. The fourth-order valence-electron chi connectivity index (χ4n) is 2.58. The van der Waals surface area contributed by atoms with Gasteiger partial charge in [0.15, 0.2) is 0 Å². The highest BCUT2D eigenvalue weighted by Gasteiger charge is 2.17. The van der Waals surface area contributed by atoms with Gasteiger partial charge in [0.25, 0.3) is 15.9 Å². The first kappa shape index (κ1) is 18.7. The van der Waals surface area contributed by atoms with E-state index in [4.69, 9.17) is 0 Å². The molecule has 1 amide bonds. The Morgan fingerprint density at radius 2 is 1.59 bits per heavy atom. The maximum atomic E-state index is 12.8. The standard InChI is InChI=1S/C21H20N2O3S/c1-15-11-12-16(2)20(13-15)23-27(25,26)19-10-6-7-17(14-19)21(24)22-18-8-4-3-5-9-18/h3-14,23H,1-2H3,(H,22,24). The van der Waals surface area contributed by atoms with Crippen molar-refractivity contribution < 1.29 is 13.2 Å². The first-order valence-corrected chi connectivity index (χ1v) is 9.90. The summed E-state index contributed by atoms with van der Waals surface area (Å²) in [6.07, 6.45) is 0. The molecular weight excluding hydrogens is 360 g/mol. The lowest BCUT2D eigenvalue weighted by Gasteiger charge is -2.12. The third-order valence-electron chi connectivity index (χ3n) is 4.08. The van der Waals surface area contributed by atoms with Crippen LogP contribution >= 0.6 is 0 Å². The molecule has 0 aliphatic rings. The van der Waals surface area contributed by atoms with Crippen molar-refractivity contribution in [2.24, 2.45) is 0 Å². The van der Waals surface area contributed by atoms with Crippen molar-refractivity contribution in [3.63, 3.8) is 0 Å². The lowest BCUT2D eigenvalue weighted by molar-refractivity contribution is 0.102. The molecule has 0 atom stereocenters. The summed E-state index contributed by atoms with van der Waals surface area (Å²) in [4.78, 5) is 12.5. The second kappa shape index (κ2) is 7.63. The van der Waals surface area contributed by atoms with Gasteiger partial charge in [-0.25, -0.2) is 8.42 Å². The number of carbonyl (C=O) groups is 1. The predicted octanol–water partition coefficient (Wildman–Crippen LogP) is 4.36. The molecule has 0 radical (unpaired) electrons. The summed E-state index contributed by atoms with van der Waals surface area (Å²) < 4.78 is 28.1. The maximum Gasteiger partial charge on any atom is 0.261 e. The monoisotopic (exact) mass is 380 g/mol. The van der Waals surface area contributed by atoms with Crippen LogP contribution in [0.15, 0.2) is 77.7 Å². The smallest absolute Gasteiger partial charge is 0.261 e. The largest absolute Gasteiger partial charge is 0.322 e. The summed E-state index contributed by atoms with van der Waals surface area (Å²) in [6.45, 7) is 3.73. The van der Waals surface area contributed by atoms with Crippen LogP contribution in [-0.4, -0.2) is 14.3 Å². The Kier molecular flexibility index (Phi) is 5.28. The van der Waals surface area contributed by atoms with Gasteiger partial charge in [-0.1, -0.05) is 36.4 Å². The Balaban J connectivity index is 1.85. The van der Waals surface area contributed by atoms with Crippen LogP contribution < -0.4 is 10.0 Å². The lowest BCUT2D eigenvalue weighted by atomic mass is 10.1. The minimum absolute atomic E-state index is 0.0316. The van der Waals surface area contributed by atoms with E-state index in [1.165, 1.54) is 12.1 Å². The number of hydrogen-bond acceptors (Lipinski definition) is 3. The van der Waals surface area contributed by atoms with Crippen LogP contribution in [-0.2, 0) is 10.0 Å². The van der Waals surface area contributed by atoms with Gasteiger partial charge < -0.3 is 5.32 Å². The Bertz CT molecular complexity index is 1080. The quantitative estimate of drug-likeness (QED) is 0.691. The van der Waals surface area contributed by atoms with Crippen LogP contribution in [0.4, 0.5) is 11.4 Å². The van der Waals surface area contributed by atoms with Crippen LogP contribution in [0.2, 0.25) is 0 Å². The number of sulfonamides is 1. The van der Waals surface area contributed by atoms with Gasteiger partial charge in [-0.15, -0.1) is 0 Å². The normalized spacial score (nSPS) is 11.0. The molecule has 0 bridgehead atoms. The van der Waals surface area contributed by atoms with Crippen LogP contribution in [0.3, 0.4) is 0 Å². The van der Waals surface area contributed by atoms with Crippen LogP contribution in [0, 0.1) is 13.8 Å². The molecule has 0 unspecified atom stereocenters. The van der Waals surface area contributed by atoms with Gasteiger partial charge in [0.2, 0.25) is 0 Å². The topological polar surface area (TPSA) is 75.3 Å². The molecule has 0 saturated heterocycles. The number of anilines is 2. The molecule has 3 aromatic rings. The van der Waals surface area contributed by atoms with Crippen molar-refractivity contribution in [3.05, 3.63) is 89.5 Å². The molecule has 138 valence electrons. The number of benzene rings is 3.